The summed E-state index contributed by atoms with van der Waals surface area (Å²) in [5, 5.41) is 6.12. The van der Waals surface area contributed by atoms with Crippen molar-refractivity contribution in [2.24, 2.45) is 5.73 Å². The van der Waals surface area contributed by atoms with Gasteiger partial charge in [-0.25, -0.2) is 4.79 Å². The molecule has 3 rings (SSSR count). The molecule has 2 aromatic rings. The highest BCUT2D eigenvalue weighted by molar-refractivity contribution is 7.16. The second-order valence-corrected chi connectivity index (χ2v) is 8.99. The summed E-state index contributed by atoms with van der Waals surface area (Å²) in [6, 6.07) is 7.26. The number of aryl methyl sites for hydroxylation is 2. The van der Waals surface area contributed by atoms with Crippen LogP contribution in [0.1, 0.15) is 52.0 Å². The van der Waals surface area contributed by atoms with Crippen molar-refractivity contribution in [1.82, 2.24) is 4.90 Å². The van der Waals surface area contributed by atoms with Gasteiger partial charge < -0.3 is 21.3 Å². The van der Waals surface area contributed by atoms with Crippen molar-refractivity contribution < 1.29 is 14.4 Å². The molecule has 0 bridgehead atoms. The van der Waals surface area contributed by atoms with E-state index in [4.69, 9.17) is 5.73 Å². The maximum atomic E-state index is 13.0. The number of anilines is 2. The van der Waals surface area contributed by atoms with Crippen LogP contribution in [0.2, 0.25) is 0 Å². The lowest BCUT2D eigenvalue weighted by Crippen LogP contribution is -2.46. The number of nitrogens with two attached hydrogens (primary N) is 1. The summed E-state index contributed by atoms with van der Waals surface area (Å²) in [6.45, 7) is 5.58. The Labute approximate surface area is 180 Å². The fraction of sp³-hybridized carbons (Fsp3) is 0.409. The van der Waals surface area contributed by atoms with Gasteiger partial charge in [-0.2, -0.15) is 0 Å². The van der Waals surface area contributed by atoms with Gasteiger partial charge in [0.05, 0.1) is 5.56 Å². The van der Waals surface area contributed by atoms with E-state index in [0.717, 1.165) is 41.7 Å². The summed E-state index contributed by atoms with van der Waals surface area (Å²) < 4.78 is 0. The summed E-state index contributed by atoms with van der Waals surface area (Å²) in [5.41, 5.74) is 8.39. The van der Waals surface area contributed by atoms with Gasteiger partial charge in [0.15, 0.2) is 0 Å². The smallest absolute Gasteiger partial charge is 0.322 e. The van der Waals surface area contributed by atoms with Gasteiger partial charge in [0, 0.05) is 16.6 Å². The number of hydrogen-bond acceptors (Lipinski definition) is 4. The minimum Gasteiger partial charge on any atom is -0.365 e. The minimum atomic E-state index is -0.572. The third kappa shape index (κ3) is 4.99. The standard InChI is InChI=1S/C22H28N4O3S/c1-13-8-10-16(11-9-13)24-22(29)26(17-6-4-5-7-17)12-18(27)25-21-19(20(23)28)14(2)15(3)30-21/h8-11,17H,4-7,12H2,1-3H3,(H2,23,28)(H,24,29)(H,25,27). The van der Waals surface area contributed by atoms with Crippen LogP contribution in [-0.4, -0.2) is 35.3 Å². The van der Waals surface area contributed by atoms with E-state index in [0.29, 0.717) is 16.3 Å². The zero-order chi connectivity index (χ0) is 21.8. The highest BCUT2D eigenvalue weighted by Crippen LogP contribution is 2.32. The molecule has 0 aliphatic heterocycles. The number of nitrogens with one attached hydrogen (secondary N) is 2. The van der Waals surface area contributed by atoms with Gasteiger partial charge in [0.2, 0.25) is 5.91 Å². The van der Waals surface area contributed by atoms with Gasteiger partial charge in [-0.3, -0.25) is 9.59 Å². The molecular weight excluding hydrogens is 400 g/mol. The monoisotopic (exact) mass is 428 g/mol. The van der Waals surface area contributed by atoms with Crippen LogP contribution in [0, 0.1) is 20.8 Å². The first-order valence-corrected chi connectivity index (χ1v) is 10.9. The number of thiophene rings is 1. The SMILES string of the molecule is Cc1ccc(NC(=O)N(CC(=O)Nc2sc(C)c(C)c2C(N)=O)C2CCCC2)cc1. The summed E-state index contributed by atoms with van der Waals surface area (Å²) in [4.78, 5) is 40.1. The van der Waals surface area contributed by atoms with Gasteiger partial charge in [-0.05, 0) is 51.3 Å². The summed E-state index contributed by atoms with van der Waals surface area (Å²) in [6.07, 6.45) is 3.82. The molecule has 1 aliphatic carbocycles. The molecule has 8 heteroatoms. The molecule has 4 amide bonds. The van der Waals surface area contributed by atoms with E-state index in [9.17, 15) is 14.4 Å². The van der Waals surface area contributed by atoms with Crippen molar-refractivity contribution in [1.29, 1.82) is 0 Å². The van der Waals surface area contributed by atoms with E-state index in [1.54, 1.807) is 11.8 Å². The molecule has 0 atom stereocenters. The van der Waals surface area contributed by atoms with Gasteiger partial charge in [0.1, 0.15) is 11.5 Å². The van der Waals surface area contributed by atoms with Crippen LogP contribution in [0.25, 0.3) is 0 Å². The van der Waals surface area contributed by atoms with Gasteiger partial charge in [-0.1, -0.05) is 30.5 Å². The molecule has 0 spiro atoms. The first-order chi connectivity index (χ1) is 14.3. The molecule has 30 heavy (non-hydrogen) atoms. The predicted molar refractivity (Wildman–Crippen MR) is 120 cm³/mol. The van der Waals surface area contributed by atoms with Crippen molar-refractivity contribution >= 4 is 39.9 Å². The lowest BCUT2D eigenvalue weighted by molar-refractivity contribution is -0.117. The van der Waals surface area contributed by atoms with Crippen molar-refractivity contribution in [3.8, 4) is 0 Å². The predicted octanol–water partition coefficient (Wildman–Crippen LogP) is 4.19. The maximum Gasteiger partial charge on any atom is 0.322 e. The first kappa shape index (κ1) is 21.8. The van der Waals surface area contributed by atoms with Crippen LogP contribution in [0.15, 0.2) is 24.3 Å². The van der Waals surface area contributed by atoms with Crippen LogP contribution in [0.4, 0.5) is 15.5 Å². The van der Waals surface area contributed by atoms with Crippen LogP contribution in [0.3, 0.4) is 0 Å². The first-order valence-electron chi connectivity index (χ1n) is 10.1. The fourth-order valence-corrected chi connectivity index (χ4v) is 4.83. The van der Waals surface area contributed by atoms with E-state index in [2.05, 4.69) is 10.6 Å². The van der Waals surface area contributed by atoms with E-state index in [-0.39, 0.29) is 24.5 Å². The summed E-state index contributed by atoms with van der Waals surface area (Å²) in [7, 11) is 0. The Kier molecular flexibility index (Phi) is 6.77. The largest absolute Gasteiger partial charge is 0.365 e. The highest BCUT2D eigenvalue weighted by Gasteiger charge is 2.29. The topological polar surface area (TPSA) is 105 Å². The molecular formula is C22H28N4O3S. The average Bonchev–Trinajstić information content (AvgIpc) is 3.30. The zero-order valence-electron chi connectivity index (χ0n) is 17.6. The Balaban J connectivity index is 1.74. The highest BCUT2D eigenvalue weighted by atomic mass is 32.1. The van der Waals surface area contributed by atoms with Crippen molar-refractivity contribution in [3.05, 3.63) is 45.8 Å². The third-order valence-electron chi connectivity index (χ3n) is 5.53. The van der Waals surface area contributed by atoms with Gasteiger partial charge in [0.25, 0.3) is 5.91 Å². The molecule has 4 N–H and O–H groups in total. The van der Waals surface area contributed by atoms with E-state index >= 15 is 0 Å². The molecule has 160 valence electrons. The lowest BCUT2D eigenvalue weighted by atomic mass is 10.1. The summed E-state index contributed by atoms with van der Waals surface area (Å²) >= 11 is 1.32. The number of nitrogens with zero attached hydrogens (tertiary/aromatic N) is 1. The Morgan fingerprint density at radius 2 is 1.70 bits per heavy atom. The molecule has 1 aromatic heterocycles. The Hall–Kier alpha value is -2.87. The van der Waals surface area contributed by atoms with Crippen LogP contribution >= 0.6 is 11.3 Å². The molecule has 1 saturated carbocycles. The number of benzene rings is 1. The number of hydrogen-bond donors (Lipinski definition) is 3. The second-order valence-electron chi connectivity index (χ2n) is 7.76. The van der Waals surface area contributed by atoms with E-state index in [1.807, 2.05) is 38.1 Å². The number of urea groups is 1. The normalized spacial score (nSPS) is 13.8. The second kappa shape index (κ2) is 9.30. The van der Waals surface area contributed by atoms with Crippen LogP contribution in [-0.2, 0) is 4.79 Å². The molecule has 1 aromatic carbocycles. The Morgan fingerprint density at radius 1 is 1.07 bits per heavy atom. The number of carbonyl (C=O) groups excluding carboxylic acids is 3. The van der Waals surface area contributed by atoms with E-state index < -0.39 is 5.91 Å². The van der Waals surface area contributed by atoms with Crippen molar-refractivity contribution in [2.45, 2.75) is 52.5 Å². The zero-order valence-corrected chi connectivity index (χ0v) is 18.4. The van der Waals surface area contributed by atoms with Crippen LogP contribution in [0.5, 0.6) is 0 Å². The quantitative estimate of drug-likeness (QED) is 0.642. The molecule has 7 nitrogen and oxygen atoms in total. The Bertz CT molecular complexity index is 946. The average molecular weight is 429 g/mol. The van der Waals surface area contributed by atoms with Crippen LogP contribution < -0.4 is 16.4 Å². The van der Waals surface area contributed by atoms with Crippen molar-refractivity contribution in [3.63, 3.8) is 0 Å². The molecule has 0 saturated heterocycles. The number of carbonyl (C=O) groups is 3. The number of primary amides is 1. The Morgan fingerprint density at radius 3 is 2.30 bits per heavy atom. The molecule has 1 heterocycles. The lowest BCUT2D eigenvalue weighted by Gasteiger charge is -2.28. The van der Waals surface area contributed by atoms with E-state index in [1.165, 1.54) is 11.3 Å². The van der Waals surface area contributed by atoms with Gasteiger partial charge >= 0.3 is 6.03 Å². The maximum absolute atomic E-state index is 13.0. The van der Waals surface area contributed by atoms with Crippen molar-refractivity contribution in [2.75, 3.05) is 17.2 Å². The molecule has 0 unspecified atom stereocenters. The fourth-order valence-electron chi connectivity index (χ4n) is 3.75. The number of amides is 4. The summed E-state index contributed by atoms with van der Waals surface area (Å²) in [5.74, 6) is -0.915. The third-order valence-corrected chi connectivity index (χ3v) is 6.65. The molecule has 1 aliphatic rings. The van der Waals surface area contributed by atoms with Gasteiger partial charge in [-0.15, -0.1) is 11.3 Å². The molecule has 0 radical (unpaired) electrons. The minimum absolute atomic E-state index is 0.0172. The molecule has 1 fully saturated rings. The number of rotatable bonds is 6.